The molecule has 2 heterocycles. The van der Waals surface area contributed by atoms with Crippen molar-refractivity contribution in [3.63, 3.8) is 0 Å². The van der Waals surface area contributed by atoms with Crippen molar-refractivity contribution in [1.29, 1.82) is 0 Å². The van der Waals surface area contributed by atoms with E-state index in [-0.39, 0.29) is 5.69 Å². The van der Waals surface area contributed by atoms with E-state index >= 15 is 0 Å². The predicted molar refractivity (Wildman–Crippen MR) is 39.1 cm³/mol. The van der Waals surface area contributed by atoms with Crippen molar-refractivity contribution in [2.75, 3.05) is 0 Å². The number of aliphatic carboxylic acids is 1. The molecule has 1 atom stereocenters. The standard InChI is InChI=1S/C7H8N2O4/c10-6(11)4-2-1-3-9-5(4)7(12)13-8-9/h4H,1-3H2,(H-,8,10,11,12)/p+1. The van der Waals surface area contributed by atoms with Crippen molar-refractivity contribution in [3.8, 4) is 0 Å². The molecule has 2 rings (SSSR count). The number of hydrogen-bond donors (Lipinski definition) is 2. The molecule has 0 aromatic carbocycles. The molecule has 1 aliphatic rings. The first-order valence-electron chi connectivity index (χ1n) is 4.04. The van der Waals surface area contributed by atoms with Crippen LogP contribution in [-0.4, -0.2) is 16.3 Å². The summed E-state index contributed by atoms with van der Waals surface area (Å²) in [7, 11) is 0. The summed E-state index contributed by atoms with van der Waals surface area (Å²) in [6, 6.07) is 0. The van der Waals surface area contributed by atoms with Crippen LogP contribution in [0.2, 0.25) is 0 Å². The lowest BCUT2D eigenvalue weighted by Gasteiger charge is -2.09. The van der Waals surface area contributed by atoms with Crippen LogP contribution in [0.15, 0.2) is 9.32 Å². The number of nitrogens with one attached hydrogen (secondary N) is 1. The summed E-state index contributed by atoms with van der Waals surface area (Å²) in [4.78, 5) is 21.9. The van der Waals surface area contributed by atoms with Crippen LogP contribution >= 0.6 is 0 Å². The summed E-state index contributed by atoms with van der Waals surface area (Å²) in [5.74, 6) is -1.70. The van der Waals surface area contributed by atoms with Crippen molar-refractivity contribution >= 4 is 5.97 Å². The minimum absolute atomic E-state index is 0.221. The third-order valence-electron chi connectivity index (χ3n) is 2.25. The number of nitrogens with zero attached hydrogens (tertiary/aromatic N) is 1. The fourth-order valence-electron chi connectivity index (χ4n) is 1.64. The van der Waals surface area contributed by atoms with E-state index in [1.807, 2.05) is 0 Å². The van der Waals surface area contributed by atoms with E-state index in [2.05, 4.69) is 9.79 Å². The average molecular weight is 185 g/mol. The maximum Gasteiger partial charge on any atom is 0.430 e. The highest BCUT2D eigenvalue weighted by Crippen LogP contribution is 2.19. The molecule has 1 aromatic heterocycles. The number of fused-ring (bicyclic) bond motifs is 1. The molecule has 0 radical (unpaired) electrons. The molecular formula is C7H9N2O4+. The summed E-state index contributed by atoms with van der Waals surface area (Å²) in [5.41, 5.74) is -0.356. The summed E-state index contributed by atoms with van der Waals surface area (Å²) in [6.45, 7) is 0.616. The molecule has 0 saturated heterocycles. The molecule has 0 fully saturated rings. The second-order valence-corrected chi connectivity index (χ2v) is 3.05. The predicted octanol–water partition coefficient (Wildman–Crippen LogP) is -0.783. The number of aromatic nitrogens is 2. The van der Waals surface area contributed by atoms with Crippen molar-refractivity contribution in [3.05, 3.63) is 16.1 Å². The Bertz CT molecular complexity index is 391. The number of hydrogen-bond acceptors (Lipinski definition) is 3. The normalized spacial score (nSPS) is 21.1. The molecule has 0 spiro atoms. The van der Waals surface area contributed by atoms with Gasteiger partial charge in [0, 0.05) is 6.42 Å². The number of carboxylic acids is 1. The topological polar surface area (TPSA) is 87.2 Å². The highest BCUT2D eigenvalue weighted by molar-refractivity contribution is 5.74. The Morgan fingerprint density at radius 2 is 2.46 bits per heavy atom. The minimum Gasteiger partial charge on any atom is -0.481 e. The van der Waals surface area contributed by atoms with Crippen LogP contribution in [-0.2, 0) is 11.3 Å². The van der Waals surface area contributed by atoms with E-state index in [0.717, 1.165) is 6.42 Å². The van der Waals surface area contributed by atoms with Crippen LogP contribution in [0, 0.1) is 0 Å². The Morgan fingerprint density at radius 3 is 3.15 bits per heavy atom. The van der Waals surface area contributed by atoms with Gasteiger partial charge in [-0.3, -0.25) is 9.32 Å². The van der Waals surface area contributed by atoms with Crippen molar-refractivity contribution in [2.24, 2.45) is 0 Å². The zero-order valence-corrected chi connectivity index (χ0v) is 6.82. The summed E-state index contributed by atoms with van der Waals surface area (Å²) in [5, 5.41) is 11.2. The first-order valence-corrected chi connectivity index (χ1v) is 4.04. The first kappa shape index (κ1) is 8.03. The van der Waals surface area contributed by atoms with E-state index in [0.29, 0.717) is 13.0 Å². The summed E-state index contributed by atoms with van der Waals surface area (Å²) in [6.07, 6.45) is 1.24. The lowest BCUT2D eigenvalue weighted by molar-refractivity contribution is -0.773. The number of H-pyrrole nitrogens is 1. The Kier molecular flexibility index (Phi) is 1.68. The van der Waals surface area contributed by atoms with Crippen molar-refractivity contribution in [1.82, 2.24) is 5.27 Å². The van der Waals surface area contributed by atoms with Crippen molar-refractivity contribution < 1.29 is 19.1 Å². The van der Waals surface area contributed by atoms with Crippen LogP contribution in [0.4, 0.5) is 0 Å². The first-order chi connectivity index (χ1) is 6.20. The molecule has 0 amide bonds. The zero-order chi connectivity index (χ0) is 9.42. The maximum absolute atomic E-state index is 11.1. The van der Waals surface area contributed by atoms with E-state index in [1.54, 1.807) is 0 Å². The molecule has 6 nitrogen and oxygen atoms in total. The van der Waals surface area contributed by atoms with Gasteiger partial charge in [-0.2, -0.15) is 0 Å². The maximum atomic E-state index is 11.1. The smallest absolute Gasteiger partial charge is 0.430 e. The Labute approximate surface area is 72.7 Å². The SMILES string of the molecule is O=C(O)C1CCC[n+]2[nH]oc(=O)c21. The van der Waals surface area contributed by atoms with Crippen LogP contribution in [0.3, 0.4) is 0 Å². The molecular weight excluding hydrogens is 176 g/mol. The molecule has 6 heteroatoms. The van der Waals surface area contributed by atoms with Crippen LogP contribution in [0.1, 0.15) is 24.5 Å². The highest BCUT2D eigenvalue weighted by Gasteiger charge is 2.38. The van der Waals surface area contributed by atoms with Crippen molar-refractivity contribution in [2.45, 2.75) is 25.3 Å². The van der Waals surface area contributed by atoms with E-state index in [4.69, 9.17) is 5.11 Å². The monoisotopic (exact) mass is 185 g/mol. The average Bonchev–Trinajstić information content (AvgIpc) is 2.48. The third kappa shape index (κ3) is 1.14. The van der Waals surface area contributed by atoms with Crippen LogP contribution in [0.5, 0.6) is 0 Å². The van der Waals surface area contributed by atoms with Gasteiger partial charge in [0.25, 0.3) is 0 Å². The van der Waals surface area contributed by atoms with Crippen LogP contribution < -0.4 is 10.3 Å². The number of rotatable bonds is 1. The van der Waals surface area contributed by atoms with Gasteiger partial charge in [-0.15, -0.1) is 0 Å². The molecule has 13 heavy (non-hydrogen) atoms. The van der Waals surface area contributed by atoms with Gasteiger partial charge in [-0.05, 0) is 11.7 Å². The summed E-state index contributed by atoms with van der Waals surface area (Å²) < 4.78 is 5.98. The van der Waals surface area contributed by atoms with E-state index in [9.17, 15) is 9.59 Å². The lowest BCUT2D eigenvalue weighted by Crippen LogP contribution is -2.47. The summed E-state index contributed by atoms with van der Waals surface area (Å²) >= 11 is 0. The third-order valence-corrected chi connectivity index (χ3v) is 2.25. The van der Waals surface area contributed by atoms with Crippen LogP contribution in [0.25, 0.3) is 0 Å². The molecule has 0 saturated carbocycles. The number of aryl methyl sites for hydroxylation is 1. The van der Waals surface area contributed by atoms with Gasteiger partial charge in [0.05, 0.1) is 0 Å². The van der Waals surface area contributed by atoms with Gasteiger partial charge in [0.15, 0.2) is 12.5 Å². The molecule has 1 unspecified atom stereocenters. The Balaban J connectivity index is 2.52. The fourth-order valence-corrected chi connectivity index (χ4v) is 1.64. The highest BCUT2D eigenvalue weighted by atomic mass is 16.5. The molecule has 2 N–H and O–H groups in total. The number of aromatic amines is 1. The van der Waals surface area contributed by atoms with Gasteiger partial charge in [-0.25, -0.2) is 4.79 Å². The largest absolute Gasteiger partial charge is 0.481 e. The molecule has 1 aromatic rings. The minimum atomic E-state index is -0.972. The Hall–Kier alpha value is -1.59. The van der Waals surface area contributed by atoms with E-state index in [1.165, 1.54) is 4.68 Å². The molecule has 70 valence electrons. The molecule has 0 aliphatic carbocycles. The fraction of sp³-hybridized carbons (Fsp3) is 0.571. The zero-order valence-electron chi connectivity index (χ0n) is 6.82. The van der Waals surface area contributed by atoms with Gasteiger partial charge in [-0.1, -0.05) is 4.68 Å². The van der Waals surface area contributed by atoms with Gasteiger partial charge < -0.3 is 5.11 Å². The number of carbonyl (C=O) groups is 1. The van der Waals surface area contributed by atoms with Gasteiger partial charge in [0.1, 0.15) is 0 Å². The lowest BCUT2D eigenvalue weighted by atomic mass is 9.97. The van der Waals surface area contributed by atoms with Gasteiger partial charge in [0.2, 0.25) is 0 Å². The molecule has 0 bridgehead atoms. The quantitative estimate of drug-likeness (QED) is 0.562. The Morgan fingerprint density at radius 1 is 1.69 bits per heavy atom. The second kappa shape index (κ2) is 2.72. The molecule has 1 aliphatic heterocycles. The van der Waals surface area contributed by atoms with Gasteiger partial charge >= 0.3 is 17.3 Å². The van der Waals surface area contributed by atoms with E-state index < -0.39 is 17.5 Å². The second-order valence-electron chi connectivity index (χ2n) is 3.05. The number of carboxylic acid groups (broad SMARTS) is 1.